The number of thioether (sulfide) groups is 1. The fourth-order valence-corrected chi connectivity index (χ4v) is 4.80. The number of ether oxygens (including phenoxy) is 3. The molecule has 0 atom stereocenters. The predicted molar refractivity (Wildman–Crippen MR) is 136 cm³/mol. The Morgan fingerprint density at radius 3 is 2.66 bits per heavy atom. The van der Waals surface area contributed by atoms with Crippen LogP contribution >= 0.6 is 23.4 Å². The van der Waals surface area contributed by atoms with Gasteiger partial charge in [-0.05, 0) is 58.8 Å². The number of benzene rings is 3. The molecule has 0 N–H and O–H groups in total. The van der Waals surface area contributed by atoms with Crippen molar-refractivity contribution in [2.75, 3.05) is 20.3 Å². The second-order valence-electron chi connectivity index (χ2n) is 7.53. The molecule has 180 valence electrons. The molecule has 1 saturated heterocycles. The summed E-state index contributed by atoms with van der Waals surface area (Å²) in [5.74, 6) is -0.452. The number of fused-ring (bicyclic) bond motifs is 1. The minimum Gasteiger partial charge on any atom is -0.493 e. The van der Waals surface area contributed by atoms with E-state index in [1.54, 1.807) is 25.1 Å². The Morgan fingerprint density at radius 2 is 1.89 bits per heavy atom. The van der Waals surface area contributed by atoms with Crippen molar-refractivity contribution in [3.63, 3.8) is 0 Å². The molecule has 3 aromatic rings. The normalized spacial score (nSPS) is 14.6. The maximum Gasteiger partial charge on any atom is 0.344 e. The molecule has 3 aromatic carbocycles. The number of esters is 1. The van der Waals surface area contributed by atoms with E-state index in [9.17, 15) is 14.4 Å². The molecule has 0 radical (unpaired) electrons. The van der Waals surface area contributed by atoms with Gasteiger partial charge in [0.2, 0.25) is 0 Å². The Labute approximate surface area is 211 Å². The van der Waals surface area contributed by atoms with E-state index in [2.05, 4.69) is 0 Å². The van der Waals surface area contributed by atoms with Crippen LogP contribution in [0.4, 0.5) is 4.79 Å². The highest BCUT2D eigenvalue weighted by atomic mass is 35.5. The zero-order chi connectivity index (χ0) is 24.9. The molecular formula is C26H22ClNO6S. The first kappa shape index (κ1) is 24.6. The average Bonchev–Trinajstić information content (AvgIpc) is 3.10. The van der Waals surface area contributed by atoms with Crippen LogP contribution in [0.1, 0.15) is 18.1 Å². The summed E-state index contributed by atoms with van der Waals surface area (Å²) in [7, 11) is 1.44. The van der Waals surface area contributed by atoms with Gasteiger partial charge in [-0.1, -0.05) is 54.1 Å². The number of carbonyl (C=O) groups is 3. The molecule has 0 bridgehead atoms. The highest BCUT2D eigenvalue weighted by molar-refractivity contribution is 8.18. The van der Waals surface area contributed by atoms with Gasteiger partial charge in [0.05, 0.1) is 30.2 Å². The third-order valence-electron chi connectivity index (χ3n) is 5.27. The van der Waals surface area contributed by atoms with Crippen molar-refractivity contribution in [3.05, 3.63) is 75.7 Å². The van der Waals surface area contributed by atoms with E-state index >= 15 is 0 Å². The van der Waals surface area contributed by atoms with E-state index in [0.29, 0.717) is 5.56 Å². The van der Waals surface area contributed by atoms with Crippen LogP contribution in [0.25, 0.3) is 16.8 Å². The van der Waals surface area contributed by atoms with Crippen molar-refractivity contribution in [2.24, 2.45) is 0 Å². The molecule has 1 heterocycles. The second kappa shape index (κ2) is 10.8. The van der Waals surface area contributed by atoms with Crippen molar-refractivity contribution in [1.29, 1.82) is 0 Å². The number of amides is 2. The summed E-state index contributed by atoms with van der Waals surface area (Å²) in [5, 5.41) is 1.88. The smallest absolute Gasteiger partial charge is 0.344 e. The summed E-state index contributed by atoms with van der Waals surface area (Å²) in [6.07, 6.45) is 1.58. The lowest BCUT2D eigenvalue weighted by molar-refractivity contribution is -0.145. The van der Waals surface area contributed by atoms with Crippen LogP contribution in [0.5, 0.6) is 11.5 Å². The van der Waals surface area contributed by atoms with Crippen molar-refractivity contribution in [3.8, 4) is 11.5 Å². The van der Waals surface area contributed by atoms with Gasteiger partial charge in [-0.3, -0.25) is 14.5 Å². The van der Waals surface area contributed by atoms with Crippen molar-refractivity contribution < 1.29 is 28.6 Å². The number of methoxy groups -OCH3 is 1. The van der Waals surface area contributed by atoms with Gasteiger partial charge in [0, 0.05) is 0 Å². The number of imide groups is 1. The van der Waals surface area contributed by atoms with Gasteiger partial charge in [-0.15, -0.1) is 0 Å². The lowest BCUT2D eigenvalue weighted by Crippen LogP contribution is -2.27. The Balaban J connectivity index is 1.56. The summed E-state index contributed by atoms with van der Waals surface area (Å²) in [6.45, 7) is 1.79. The molecule has 0 saturated carbocycles. The number of halogens is 1. The molecule has 1 aliphatic heterocycles. The van der Waals surface area contributed by atoms with Crippen LogP contribution in [0, 0.1) is 0 Å². The Bertz CT molecular complexity index is 1330. The first-order valence-electron chi connectivity index (χ1n) is 10.8. The van der Waals surface area contributed by atoms with Gasteiger partial charge in [0.1, 0.15) is 0 Å². The molecule has 0 aliphatic carbocycles. The molecule has 0 unspecified atom stereocenters. The van der Waals surface area contributed by atoms with E-state index in [-0.39, 0.29) is 52.3 Å². The first-order chi connectivity index (χ1) is 16.9. The number of rotatable bonds is 8. The molecule has 2 amide bonds. The quantitative estimate of drug-likeness (QED) is 0.284. The van der Waals surface area contributed by atoms with Gasteiger partial charge in [-0.25, -0.2) is 4.79 Å². The molecule has 9 heteroatoms. The fourth-order valence-electron chi connectivity index (χ4n) is 3.69. The summed E-state index contributed by atoms with van der Waals surface area (Å²) in [5.41, 5.74) is 1.44. The second-order valence-corrected chi connectivity index (χ2v) is 8.93. The van der Waals surface area contributed by atoms with Gasteiger partial charge >= 0.3 is 5.97 Å². The minimum absolute atomic E-state index is 0.175. The Kier molecular flexibility index (Phi) is 7.63. The van der Waals surface area contributed by atoms with Crippen molar-refractivity contribution in [2.45, 2.75) is 13.5 Å². The monoisotopic (exact) mass is 511 g/mol. The van der Waals surface area contributed by atoms with Gasteiger partial charge < -0.3 is 14.2 Å². The fraction of sp³-hybridized carbons (Fsp3) is 0.192. The molecule has 0 aromatic heterocycles. The van der Waals surface area contributed by atoms with E-state index in [1.165, 1.54) is 12.0 Å². The highest BCUT2D eigenvalue weighted by Gasteiger charge is 2.35. The maximum atomic E-state index is 13.1. The number of carbonyl (C=O) groups excluding carboxylic acids is 3. The van der Waals surface area contributed by atoms with Gasteiger partial charge in [0.15, 0.2) is 18.1 Å². The molecule has 35 heavy (non-hydrogen) atoms. The van der Waals surface area contributed by atoms with Gasteiger partial charge in [0.25, 0.3) is 11.1 Å². The van der Waals surface area contributed by atoms with Crippen LogP contribution in [0.2, 0.25) is 5.02 Å². The van der Waals surface area contributed by atoms with Crippen LogP contribution in [-0.4, -0.2) is 42.3 Å². The van der Waals surface area contributed by atoms with E-state index in [4.69, 9.17) is 25.8 Å². The van der Waals surface area contributed by atoms with Crippen LogP contribution in [0.15, 0.2) is 59.5 Å². The third-order valence-corrected chi connectivity index (χ3v) is 6.46. The largest absolute Gasteiger partial charge is 0.493 e. The van der Waals surface area contributed by atoms with Gasteiger partial charge in [-0.2, -0.15) is 0 Å². The van der Waals surface area contributed by atoms with Crippen LogP contribution < -0.4 is 9.47 Å². The maximum absolute atomic E-state index is 13.1. The lowest BCUT2D eigenvalue weighted by atomic mass is 10.0. The molecule has 0 spiro atoms. The molecule has 1 fully saturated rings. The Morgan fingerprint density at radius 1 is 1.11 bits per heavy atom. The summed E-state index contributed by atoms with van der Waals surface area (Å²) < 4.78 is 15.7. The first-order valence-corrected chi connectivity index (χ1v) is 12.0. The topological polar surface area (TPSA) is 82.1 Å². The summed E-state index contributed by atoms with van der Waals surface area (Å²) in [6, 6.07) is 16.8. The SMILES string of the molecule is CCOC(=O)COc1c(Cl)cc(/C=C2\SC(=O)N(Cc3cccc4ccccc34)C2=O)cc1OC. The van der Waals surface area contributed by atoms with Crippen LogP contribution in [0.3, 0.4) is 0 Å². The Hall–Kier alpha value is -3.49. The standard InChI is InChI=1S/C26H22ClNO6S/c1-3-33-23(29)15-34-24-20(27)11-16(12-21(24)32-2)13-22-25(30)28(26(31)35-22)14-18-9-6-8-17-7-4-5-10-19(17)18/h4-13H,3,14-15H2,1-2H3/b22-13-. The molecule has 4 rings (SSSR count). The van der Waals surface area contributed by atoms with E-state index in [1.807, 2.05) is 42.5 Å². The summed E-state index contributed by atoms with van der Waals surface area (Å²) >= 11 is 7.23. The van der Waals surface area contributed by atoms with Crippen LogP contribution in [-0.2, 0) is 20.9 Å². The van der Waals surface area contributed by atoms with Crippen molar-refractivity contribution in [1.82, 2.24) is 4.90 Å². The average molecular weight is 512 g/mol. The lowest BCUT2D eigenvalue weighted by Gasteiger charge is -2.14. The molecule has 1 aliphatic rings. The van der Waals surface area contributed by atoms with E-state index in [0.717, 1.165) is 28.1 Å². The van der Waals surface area contributed by atoms with Crippen molar-refractivity contribution >= 4 is 57.3 Å². The predicted octanol–water partition coefficient (Wildman–Crippen LogP) is 5.68. The number of hydrogen-bond acceptors (Lipinski definition) is 7. The third kappa shape index (κ3) is 5.44. The van der Waals surface area contributed by atoms with E-state index < -0.39 is 5.97 Å². The highest BCUT2D eigenvalue weighted by Crippen LogP contribution is 2.39. The number of hydrogen-bond donors (Lipinski definition) is 0. The summed E-state index contributed by atoms with van der Waals surface area (Å²) in [4.78, 5) is 38.9. The zero-order valence-corrected chi connectivity index (χ0v) is 20.7. The number of nitrogens with zero attached hydrogens (tertiary/aromatic N) is 1. The molecule has 7 nitrogen and oxygen atoms in total. The minimum atomic E-state index is -0.533. The molecular weight excluding hydrogens is 490 g/mol. The zero-order valence-electron chi connectivity index (χ0n) is 19.1.